The van der Waals surface area contributed by atoms with Gasteiger partial charge in [-0.2, -0.15) is 0 Å². The minimum atomic E-state index is -2.94. The van der Waals surface area contributed by atoms with Crippen molar-refractivity contribution in [2.75, 3.05) is 11.9 Å². The van der Waals surface area contributed by atoms with Crippen molar-refractivity contribution >= 4 is 31.1 Å². The van der Waals surface area contributed by atoms with Gasteiger partial charge in [-0.05, 0) is 28.8 Å². The van der Waals surface area contributed by atoms with Crippen LogP contribution in [0, 0.1) is 0 Å². The molecule has 1 fully saturated rings. The lowest BCUT2D eigenvalue weighted by molar-refractivity contribution is -0.0903. The number of rotatable bonds is 11. The highest BCUT2D eigenvalue weighted by Crippen LogP contribution is 2.43. The standard InChI is InChI=1S/C36H30N5O6P/c42-35(25-13-5-1-6-14-25)40-33-32-34(38-23-37-33)41(24-39-32)31-21-29(47-48(43)44)30(46-31)22-45-36(26-15-7-2-8-16-26,27-17-9-3-10-18-27)28-19-11-4-12-20-28/h1-20,23-24,29-31H,21-22H2,(H-,37,38,40,42,43,44)/p+1/t29-,30+,31+/m0/s1. The fraction of sp³-hybridized carbons (Fsp3) is 0.167. The van der Waals surface area contributed by atoms with E-state index in [0.717, 1.165) is 16.7 Å². The molecule has 1 unspecified atom stereocenters. The van der Waals surface area contributed by atoms with Crippen molar-refractivity contribution in [3.05, 3.63) is 156 Å². The van der Waals surface area contributed by atoms with Gasteiger partial charge in [-0.25, -0.2) is 15.0 Å². The molecule has 0 bridgehead atoms. The third-order valence-electron chi connectivity index (χ3n) is 8.35. The van der Waals surface area contributed by atoms with Gasteiger partial charge in [0.25, 0.3) is 5.91 Å². The number of nitrogens with zero attached hydrogens (tertiary/aromatic N) is 4. The van der Waals surface area contributed by atoms with E-state index in [-0.39, 0.29) is 24.8 Å². The van der Waals surface area contributed by atoms with Crippen LogP contribution in [0.25, 0.3) is 11.2 Å². The van der Waals surface area contributed by atoms with Gasteiger partial charge in [0.2, 0.25) is 0 Å². The first kappa shape index (κ1) is 31.4. The number of aromatic nitrogens is 4. The number of carbonyl (C=O) groups excluding carboxylic acids is 1. The van der Waals surface area contributed by atoms with Crippen molar-refractivity contribution in [3.63, 3.8) is 0 Å². The predicted octanol–water partition coefficient (Wildman–Crippen LogP) is 6.41. The average Bonchev–Trinajstić information content (AvgIpc) is 3.74. The van der Waals surface area contributed by atoms with Crippen LogP contribution >= 0.6 is 8.25 Å². The number of nitrogens with one attached hydrogen (secondary N) is 1. The van der Waals surface area contributed by atoms with Gasteiger partial charge in [0.1, 0.15) is 30.4 Å². The molecule has 2 aromatic heterocycles. The molecule has 1 aliphatic heterocycles. The van der Waals surface area contributed by atoms with E-state index in [4.69, 9.17) is 14.0 Å². The first-order chi connectivity index (χ1) is 23.5. The van der Waals surface area contributed by atoms with Gasteiger partial charge in [-0.3, -0.25) is 9.36 Å². The number of anilines is 1. The Balaban J connectivity index is 1.20. The Morgan fingerprint density at radius 1 is 0.854 bits per heavy atom. The lowest BCUT2D eigenvalue weighted by Gasteiger charge is -2.37. The monoisotopic (exact) mass is 660 g/mol. The summed E-state index contributed by atoms with van der Waals surface area (Å²) in [6.07, 6.45) is 0.891. The minimum absolute atomic E-state index is 0.0169. The zero-order valence-corrected chi connectivity index (χ0v) is 26.5. The van der Waals surface area contributed by atoms with Crippen molar-refractivity contribution in [3.8, 4) is 0 Å². The second kappa shape index (κ2) is 13.9. The lowest BCUT2D eigenvalue weighted by atomic mass is 9.80. The zero-order chi connectivity index (χ0) is 32.9. The van der Waals surface area contributed by atoms with Gasteiger partial charge >= 0.3 is 8.25 Å². The van der Waals surface area contributed by atoms with Crippen molar-refractivity contribution in [1.82, 2.24) is 19.5 Å². The summed E-state index contributed by atoms with van der Waals surface area (Å²) in [4.78, 5) is 35.8. The summed E-state index contributed by atoms with van der Waals surface area (Å²) in [5.41, 5.74) is 2.95. The van der Waals surface area contributed by atoms with Crippen LogP contribution in [0.4, 0.5) is 5.82 Å². The van der Waals surface area contributed by atoms with E-state index in [1.807, 2.05) is 97.1 Å². The maximum absolute atomic E-state index is 12.9. The van der Waals surface area contributed by atoms with Gasteiger partial charge in [0.05, 0.1) is 12.9 Å². The highest BCUT2D eigenvalue weighted by Gasteiger charge is 2.46. The van der Waals surface area contributed by atoms with Crippen molar-refractivity contribution in [2.24, 2.45) is 0 Å². The van der Waals surface area contributed by atoms with Gasteiger partial charge in [0.15, 0.2) is 17.0 Å². The number of imidazole rings is 1. The molecule has 240 valence electrons. The molecule has 4 atom stereocenters. The van der Waals surface area contributed by atoms with E-state index < -0.39 is 32.3 Å². The van der Waals surface area contributed by atoms with Crippen molar-refractivity contribution in [1.29, 1.82) is 0 Å². The van der Waals surface area contributed by atoms with Crippen LogP contribution in [0.5, 0.6) is 0 Å². The molecule has 2 N–H and O–H groups in total. The maximum atomic E-state index is 12.9. The van der Waals surface area contributed by atoms with Gasteiger partial charge in [-0.15, -0.1) is 9.42 Å². The molecule has 48 heavy (non-hydrogen) atoms. The number of hydrogen-bond acceptors (Lipinski definition) is 8. The number of ether oxygens (including phenoxy) is 2. The molecule has 0 radical (unpaired) electrons. The third-order valence-corrected chi connectivity index (χ3v) is 8.80. The topological polar surface area (TPSA) is 138 Å². The van der Waals surface area contributed by atoms with E-state index >= 15 is 0 Å². The Bertz CT molecular complexity index is 1920. The van der Waals surface area contributed by atoms with Gasteiger partial charge in [-0.1, -0.05) is 109 Å². The lowest BCUT2D eigenvalue weighted by Crippen LogP contribution is -2.38. The molecule has 0 spiro atoms. The van der Waals surface area contributed by atoms with Crippen LogP contribution in [0.3, 0.4) is 0 Å². The van der Waals surface area contributed by atoms with E-state index in [1.165, 1.54) is 6.33 Å². The smallest absolute Gasteiger partial charge is 0.358 e. The Labute approximate surface area is 277 Å². The number of benzene rings is 4. The molecular weight excluding hydrogens is 629 g/mol. The van der Waals surface area contributed by atoms with E-state index in [2.05, 4.69) is 20.3 Å². The molecule has 1 saturated heterocycles. The van der Waals surface area contributed by atoms with Crippen molar-refractivity contribution < 1.29 is 28.3 Å². The second-order valence-electron chi connectivity index (χ2n) is 11.2. The molecule has 4 aromatic carbocycles. The Morgan fingerprint density at radius 2 is 1.42 bits per heavy atom. The first-order valence-corrected chi connectivity index (χ1v) is 16.5. The molecule has 12 heteroatoms. The summed E-state index contributed by atoms with van der Waals surface area (Å²) in [6, 6.07) is 38.5. The molecule has 1 aliphatic rings. The number of hydrogen-bond donors (Lipinski definition) is 2. The van der Waals surface area contributed by atoms with Crippen LogP contribution < -0.4 is 5.32 Å². The number of carbonyl (C=O) groups is 1. The van der Waals surface area contributed by atoms with Crippen LogP contribution in [-0.2, 0) is 24.2 Å². The summed E-state index contributed by atoms with van der Waals surface area (Å²) in [7, 11) is -2.94. The van der Waals surface area contributed by atoms with E-state index in [0.29, 0.717) is 16.7 Å². The maximum Gasteiger partial charge on any atom is 0.695 e. The summed E-state index contributed by atoms with van der Waals surface area (Å²) in [5.74, 6) is -0.0893. The van der Waals surface area contributed by atoms with Crippen LogP contribution in [0.15, 0.2) is 134 Å². The fourth-order valence-corrected chi connectivity index (χ4v) is 6.60. The molecule has 0 saturated carbocycles. The number of amides is 1. The van der Waals surface area contributed by atoms with Crippen LogP contribution in [0.2, 0.25) is 0 Å². The molecular formula is C36H31N5O6P+. The summed E-state index contributed by atoms with van der Waals surface area (Å²) in [6.45, 7) is 0.0169. The molecule has 1 amide bonds. The van der Waals surface area contributed by atoms with Crippen LogP contribution in [0.1, 0.15) is 39.7 Å². The largest absolute Gasteiger partial charge is 0.695 e. The van der Waals surface area contributed by atoms with Crippen molar-refractivity contribution in [2.45, 2.75) is 30.5 Å². The quantitative estimate of drug-likeness (QED) is 0.119. The minimum Gasteiger partial charge on any atom is -0.358 e. The highest BCUT2D eigenvalue weighted by atomic mass is 31.1. The molecule has 0 aliphatic carbocycles. The third kappa shape index (κ3) is 6.25. The summed E-state index contributed by atoms with van der Waals surface area (Å²) >= 11 is 0. The highest BCUT2D eigenvalue weighted by molar-refractivity contribution is 7.32. The van der Waals surface area contributed by atoms with E-state index in [1.54, 1.807) is 35.2 Å². The fourth-order valence-electron chi connectivity index (χ4n) is 6.15. The average molecular weight is 661 g/mol. The summed E-state index contributed by atoms with van der Waals surface area (Å²) in [5, 5.41) is 2.81. The molecule has 11 nitrogen and oxygen atoms in total. The number of fused-ring (bicyclic) bond motifs is 1. The zero-order valence-electron chi connectivity index (χ0n) is 25.6. The Hall–Kier alpha value is -5.16. The normalized spacial score (nSPS) is 18.1. The first-order valence-electron chi connectivity index (χ1n) is 15.4. The predicted molar refractivity (Wildman–Crippen MR) is 178 cm³/mol. The second-order valence-corrected chi connectivity index (χ2v) is 11.9. The van der Waals surface area contributed by atoms with Gasteiger partial charge < -0.3 is 14.8 Å². The Kier molecular flexibility index (Phi) is 9.11. The van der Waals surface area contributed by atoms with Crippen LogP contribution in [-0.4, -0.2) is 49.1 Å². The van der Waals surface area contributed by atoms with E-state index in [9.17, 15) is 14.3 Å². The molecule has 6 aromatic rings. The Morgan fingerprint density at radius 3 is 1.98 bits per heavy atom. The summed E-state index contributed by atoms with van der Waals surface area (Å²) < 4.78 is 32.7. The SMILES string of the molecule is O=C(Nc1ncnc2c1ncn2[C@H]1C[C@H](O[P+](=O)O)[C@@H](COC(c2ccccc2)(c2ccccc2)c2ccccc2)O1)c1ccccc1. The molecule has 3 heterocycles. The van der Waals surface area contributed by atoms with Gasteiger partial charge in [0, 0.05) is 16.5 Å². The molecule has 7 rings (SSSR count).